The monoisotopic (exact) mass is 412 g/mol. The van der Waals surface area contributed by atoms with Crippen molar-refractivity contribution in [3.8, 4) is 0 Å². The molecule has 4 rings (SSSR count). The summed E-state index contributed by atoms with van der Waals surface area (Å²) in [6.07, 6.45) is 2.02. The van der Waals surface area contributed by atoms with Crippen molar-refractivity contribution in [3.05, 3.63) is 93.3 Å². The van der Waals surface area contributed by atoms with Crippen molar-refractivity contribution in [2.75, 3.05) is 11.9 Å². The van der Waals surface area contributed by atoms with Crippen molar-refractivity contribution in [2.24, 2.45) is 0 Å². The van der Waals surface area contributed by atoms with E-state index in [4.69, 9.17) is 23.8 Å². The van der Waals surface area contributed by atoms with Crippen LogP contribution in [-0.4, -0.2) is 26.0 Å². The van der Waals surface area contributed by atoms with Crippen molar-refractivity contribution in [3.63, 3.8) is 0 Å². The van der Waals surface area contributed by atoms with Crippen LogP contribution < -0.4 is 5.32 Å². The summed E-state index contributed by atoms with van der Waals surface area (Å²) in [5.74, 6) is 0. The van der Waals surface area contributed by atoms with Crippen LogP contribution in [0.1, 0.15) is 17.3 Å². The summed E-state index contributed by atoms with van der Waals surface area (Å²) in [5.41, 5.74) is 2.73. The van der Waals surface area contributed by atoms with Gasteiger partial charge in [-0.2, -0.15) is 0 Å². The molecule has 0 bridgehead atoms. The summed E-state index contributed by atoms with van der Waals surface area (Å²) >= 11 is 11.8. The first kappa shape index (κ1) is 18.5. The molecule has 1 atom stereocenters. The van der Waals surface area contributed by atoms with Crippen LogP contribution in [0, 0.1) is 10.1 Å². The number of rotatable bonds is 3. The molecule has 28 heavy (non-hydrogen) atoms. The molecule has 3 aromatic rings. The third-order valence-corrected chi connectivity index (χ3v) is 5.34. The van der Waals surface area contributed by atoms with Crippen LogP contribution in [0.4, 0.5) is 11.4 Å². The van der Waals surface area contributed by atoms with Crippen LogP contribution in [0.25, 0.3) is 0 Å². The topological polar surface area (TPSA) is 63.3 Å². The number of non-ortho nitro benzene ring substituents is 1. The van der Waals surface area contributed by atoms with Crippen molar-refractivity contribution in [1.29, 1.82) is 0 Å². The van der Waals surface area contributed by atoms with Crippen LogP contribution in [0.15, 0.2) is 66.9 Å². The molecule has 0 fully saturated rings. The molecule has 1 aliphatic heterocycles. The molecule has 2 aromatic carbocycles. The second-order valence-corrected chi connectivity index (χ2v) is 7.34. The Bertz CT molecular complexity index is 1050. The lowest BCUT2D eigenvalue weighted by molar-refractivity contribution is -0.384. The van der Waals surface area contributed by atoms with Gasteiger partial charge in [0.2, 0.25) is 0 Å². The van der Waals surface area contributed by atoms with Gasteiger partial charge in [-0.3, -0.25) is 10.1 Å². The second kappa shape index (κ2) is 7.61. The van der Waals surface area contributed by atoms with Gasteiger partial charge in [-0.05, 0) is 48.1 Å². The van der Waals surface area contributed by atoms with E-state index >= 15 is 0 Å². The Morgan fingerprint density at radius 1 is 1.14 bits per heavy atom. The largest absolute Gasteiger partial charge is 0.348 e. The van der Waals surface area contributed by atoms with Gasteiger partial charge in [0.1, 0.15) is 0 Å². The zero-order valence-electron chi connectivity index (χ0n) is 14.8. The Kier molecular flexibility index (Phi) is 5.02. The first-order valence-corrected chi connectivity index (χ1v) is 9.54. The summed E-state index contributed by atoms with van der Waals surface area (Å²) < 4.78 is 2.15. The number of nitro benzene ring substituents is 1. The molecule has 0 unspecified atom stereocenters. The van der Waals surface area contributed by atoms with Crippen LogP contribution in [0.3, 0.4) is 0 Å². The quantitative estimate of drug-likeness (QED) is 0.378. The molecule has 6 nitrogen and oxygen atoms in total. The zero-order valence-corrected chi connectivity index (χ0v) is 16.4. The summed E-state index contributed by atoms with van der Waals surface area (Å²) in [4.78, 5) is 12.9. The maximum absolute atomic E-state index is 11.3. The highest BCUT2D eigenvalue weighted by atomic mass is 35.5. The minimum Gasteiger partial charge on any atom is -0.348 e. The van der Waals surface area contributed by atoms with E-state index in [2.05, 4.69) is 14.8 Å². The van der Waals surface area contributed by atoms with E-state index in [1.54, 1.807) is 18.2 Å². The number of benzene rings is 2. The van der Waals surface area contributed by atoms with E-state index < -0.39 is 0 Å². The lowest BCUT2D eigenvalue weighted by Crippen LogP contribution is -2.44. The van der Waals surface area contributed by atoms with Gasteiger partial charge in [0.15, 0.2) is 5.11 Å². The van der Waals surface area contributed by atoms with Crippen LogP contribution in [-0.2, 0) is 6.54 Å². The second-order valence-electron chi connectivity index (χ2n) is 6.51. The van der Waals surface area contributed by atoms with Crippen LogP contribution in [0.2, 0.25) is 5.02 Å². The number of anilines is 1. The van der Waals surface area contributed by atoms with E-state index in [-0.39, 0.29) is 16.7 Å². The number of hydrogen-bond donors (Lipinski definition) is 1. The SMILES string of the molecule is O=[N+]([O-])c1cccc([C@@H]2c3cccn3CCN2C(=S)Nc2cccc(Cl)c2)c1. The summed E-state index contributed by atoms with van der Waals surface area (Å²) in [5, 5.41) is 15.7. The first-order valence-electron chi connectivity index (χ1n) is 8.75. The molecule has 1 N–H and O–H groups in total. The molecule has 0 saturated heterocycles. The molecule has 0 amide bonds. The third kappa shape index (κ3) is 3.58. The first-order chi connectivity index (χ1) is 13.5. The standard InChI is InChI=1S/C20H17ClN4O2S/c21-15-5-2-6-16(13-15)22-20(28)24-11-10-23-9-3-8-18(23)19(24)14-4-1-7-17(12-14)25(26)27/h1-9,12-13,19H,10-11H2,(H,22,28)/t19-/m1/s1. The average Bonchev–Trinajstić information content (AvgIpc) is 3.16. The number of halogens is 1. The molecule has 1 aliphatic rings. The fourth-order valence-corrected chi connectivity index (χ4v) is 4.03. The smallest absolute Gasteiger partial charge is 0.269 e. The van der Waals surface area contributed by atoms with Gasteiger partial charge < -0.3 is 14.8 Å². The Balaban J connectivity index is 1.70. The number of aromatic nitrogens is 1. The van der Waals surface area contributed by atoms with Crippen LogP contribution >= 0.6 is 23.8 Å². The highest BCUT2D eigenvalue weighted by Gasteiger charge is 2.31. The number of nitrogens with one attached hydrogen (secondary N) is 1. The van der Waals surface area contributed by atoms with E-state index in [1.807, 2.05) is 42.6 Å². The average molecular weight is 413 g/mol. The van der Waals surface area contributed by atoms with Gasteiger partial charge in [0.25, 0.3) is 5.69 Å². The molecule has 0 radical (unpaired) electrons. The Morgan fingerprint density at radius 2 is 1.96 bits per heavy atom. The maximum atomic E-state index is 11.3. The molecule has 1 aromatic heterocycles. The van der Waals surface area contributed by atoms with Gasteiger partial charge in [-0.15, -0.1) is 0 Å². The normalized spacial score (nSPS) is 15.8. The predicted molar refractivity (Wildman–Crippen MR) is 114 cm³/mol. The van der Waals surface area contributed by atoms with Gasteiger partial charge >= 0.3 is 0 Å². The van der Waals surface area contributed by atoms with Gasteiger partial charge in [0, 0.05) is 47.8 Å². The minimum absolute atomic E-state index is 0.0647. The van der Waals surface area contributed by atoms with Gasteiger partial charge in [-0.1, -0.05) is 29.8 Å². The summed E-state index contributed by atoms with van der Waals surface area (Å²) in [6.45, 7) is 1.46. The molecule has 0 aliphatic carbocycles. The minimum atomic E-state index is -0.377. The number of nitrogens with zero attached hydrogens (tertiary/aromatic N) is 3. The van der Waals surface area contributed by atoms with E-state index in [9.17, 15) is 10.1 Å². The van der Waals surface area contributed by atoms with E-state index in [1.165, 1.54) is 6.07 Å². The number of thiocarbonyl (C=S) groups is 1. The van der Waals surface area contributed by atoms with E-state index in [0.717, 1.165) is 23.5 Å². The summed E-state index contributed by atoms with van der Waals surface area (Å²) in [7, 11) is 0. The van der Waals surface area contributed by atoms with Crippen molar-refractivity contribution in [1.82, 2.24) is 9.47 Å². The Hall–Kier alpha value is -2.90. The zero-order chi connectivity index (χ0) is 19.7. The molecule has 0 saturated carbocycles. The molecule has 2 heterocycles. The van der Waals surface area contributed by atoms with Crippen molar-refractivity contribution < 1.29 is 4.92 Å². The van der Waals surface area contributed by atoms with Gasteiger partial charge in [0.05, 0.1) is 11.0 Å². The number of nitro groups is 1. The molecular formula is C20H17ClN4O2S. The molecule has 142 valence electrons. The fraction of sp³-hybridized carbons (Fsp3) is 0.150. The van der Waals surface area contributed by atoms with Crippen LogP contribution in [0.5, 0.6) is 0 Å². The third-order valence-electron chi connectivity index (χ3n) is 4.77. The highest BCUT2D eigenvalue weighted by Crippen LogP contribution is 2.34. The summed E-state index contributed by atoms with van der Waals surface area (Å²) in [6, 6.07) is 17.9. The highest BCUT2D eigenvalue weighted by molar-refractivity contribution is 7.80. The maximum Gasteiger partial charge on any atom is 0.269 e. The van der Waals surface area contributed by atoms with Gasteiger partial charge in [-0.25, -0.2) is 0 Å². The lowest BCUT2D eigenvalue weighted by atomic mass is 10.00. The molecule has 8 heteroatoms. The predicted octanol–water partition coefficient (Wildman–Crippen LogP) is 4.85. The Labute approximate surface area is 172 Å². The van der Waals surface area contributed by atoms with E-state index in [0.29, 0.717) is 16.7 Å². The fourth-order valence-electron chi connectivity index (χ4n) is 3.52. The number of hydrogen-bond acceptors (Lipinski definition) is 3. The van der Waals surface area contributed by atoms with Crippen molar-refractivity contribution >= 4 is 40.3 Å². The Morgan fingerprint density at radius 3 is 2.75 bits per heavy atom. The lowest BCUT2D eigenvalue weighted by Gasteiger charge is -2.39. The van der Waals surface area contributed by atoms with Crippen molar-refractivity contribution in [2.45, 2.75) is 12.6 Å². The molecular weight excluding hydrogens is 396 g/mol. The number of fused-ring (bicyclic) bond motifs is 1. The molecule has 0 spiro atoms.